The fourth-order valence-electron chi connectivity index (χ4n) is 2.50. The minimum atomic E-state index is -0.575. The highest BCUT2D eigenvalue weighted by Gasteiger charge is 2.35. The Morgan fingerprint density at radius 1 is 1.47 bits per heavy atom. The van der Waals surface area contributed by atoms with Crippen LogP contribution in [0.3, 0.4) is 0 Å². The Balaban J connectivity index is 1.91. The third-order valence-corrected chi connectivity index (χ3v) is 3.47. The highest BCUT2D eigenvalue weighted by atomic mass is 16.5. The second kappa shape index (κ2) is 4.76. The molecule has 0 aliphatic carbocycles. The Morgan fingerprint density at radius 2 is 2.32 bits per heavy atom. The Morgan fingerprint density at radius 3 is 3.11 bits per heavy atom. The average Bonchev–Trinajstić information content (AvgIpc) is 2.95. The van der Waals surface area contributed by atoms with Gasteiger partial charge >= 0.3 is 0 Å². The summed E-state index contributed by atoms with van der Waals surface area (Å²) in [6, 6.07) is 1.83. The van der Waals surface area contributed by atoms with Gasteiger partial charge in [-0.3, -0.25) is 0 Å². The van der Waals surface area contributed by atoms with Crippen molar-refractivity contribution in [2.45, 2.75) is 31.3 Å². The molecule has 1 aliphatic rings. The summed E-state index contributed by atoms with van der Waals surface area (Å²) < 4.78 is 7.60. The highest BCUT2D eigenvalue weighted by Crippen LogP contribution is 2.33. The van der Waals surface area contributed by atoms with Crippen LogP contribution in [0.4, 0.5) is 5.82 Å². The summed E-state index contributed by atoms with van der Waals surface area (Å²) in [4.78, 5) is 8.14. The first-order valence-electron chi connectivity index (χ1n) is 6.22. The molecule has 3 rings (SSSR count). The molecule has 102 valence electrons. The summed E-state index contributed by atoms with van der Waals surface area (Å²) in [5.41, 5.74) is 6.47. The van der Waals surface area contributed by atoms with Crippen molar-refractivity contribution < 1.29 is 14.9 Å². The van der Waals surface area contributed by atoms with Crippen LogP contribution in [0.15, 0.2) is 18.6 Å². The number of hydrogen-bond acceptors (Lipinski definition) is 6. The number of anilines is 1. The first-order valence-corrected chi connectivity index (χ1v) is 6.22. The van der Waals surface area contributed by atoms with Crippen molar-refractivity contribution >= 4 is 16.9 Å². The van der Waals surface area contributed by atoms with Gasteiger partial charge in [0.25, 0.3) is 0 Å². The zero-order valence-electron chi connectivity index (χ0n) is 10.3. The smallest absolute Gasteiger partial charge is 0.147 e. The number of aliphatic hydroxyl groups excluding tert-OH is 2. The zero-order chi connectivity index (χ0) is 13.4. The SMILES string of the molecule is Nc1ncnc2c1ccn2[C@H]1C[C@H](O)[C@@H](CCO)O1. The number of fused-ring (bicyclic) bond motifs is 1. The van der Waals surface area contributed by atoms with E-state index in [1.54, 1.807) is 0 Å². The molecule has 0 amide bonds. The van der Waals surface area contributed by atoms with Crippen LogP contribution in [-0.2, 0) is 4.74 Å². The quantitative estimate of drug-likeness (QED) is 0.723. The van der Waals surface area contributed by atoms with Crippen LogP contribution in [0.1, 0.15) is 19.1 Å². The van der Waals surface area contributed by atoms with E-state index in [0.29, 0.717) is 24.3 Å². The molecule has 3 heterocycles. The number of ether oxygens (including phenoxy) is 1. The number of hydrogen-bond donors (Lipinski definition) is 3. The van der Waals surface area contributed by atoms with Crippen molar-refractivity contribution in [2.24, 2.45) is 0 Å². The van der Waals surface area contributed by atoms with Gasteiger partial charge in [-0.2, -0.15) is 0 Å². The number of rotatable bonds is 3. The second-order valence-electron chi connectivity index (χ2n) is 4.66. The van der Waals surface area contributed by atoms with E-state index in [0.717, 1.165) is 5.39 Å². The Labute approximate surface area is 109 Å². The molecule has 0 radical (unpaired) electrons. The number of aromatic nitrogens is 3. The summed E-state index contributed by atoms with van der Waals surface area (Å²) in [5.74, 6) is 0.425. The number of aliphatic hydroxyl groups is 2. The molecule has 7 heteroatoms. The van der Waals surface area contributed by atoms with E-state index in [1.165, 1.54) is 6.33 Å². The van der Waals surface area contributed by atoms with Crippen molar-refractivity contribution in [3.05, 3.63) is 18.6 Å². The average molecular weight is 264 g/mol. The monoisotopic (exact) mass is 264 g/mol. The summed E-state index contributed by atoms with van der Waals surface area (Å²) >= 11 is 0. The number of nitrogens with zero attached hydrogens (tertiary/aromatic N) is 3. The summed E-state index contributed by atoms with van der Waals surface area (Å²) in [6.45, 7) is -0.00398. The first-order chi connectivity index (χ1) is 9.20. The minimum absolute atomic E-state index is 0.00398. The molecule has 1 aliphatic heterocycles. The standard InChI is InChI=1S/C12H16N4O3/c13-11-7-1-3-16(12(7)15-6-14-11)10-5-8(18)9(19-10)2-4-17/h1,3,6,8-10,17-18H,2,4-5H2,(H2,13,14,15)/t8-,9+,10+/m0/s1. The predicted octanol–water partition coefficient (Wildman–Crippen LogP) is 0.0443. The Bertz CT molecular complexity index is 585. The summed E-state index contributed by atoms with van der Waals surface area (Å²) in [6.07, 6.45) is 2.92. The van der Waals surface area contributed by atoms with Crippen molar-refractivity contribution in [2.75, 3.05) is 12.3 Å². The van der Waals surface area contributed by atoms with Gasteiger partial charge in [0, 0.05) is 19.2 Å². The Kier molecular flexibility index (Phi) is 3.09. The molecule has 1 fully saturated rings. The molecule has 3 atom stereocenters. The van der Waals surface area contributed by atoms with Crippen LogP contribution in [0.5, 0.6) is 0 Å². The predicted molar refractivity (Wildman–Crippen MR) is 68.2 cm³/mol. The van der Waals surface area contributed by atoms with Gasteiger partial charge in [0.1, 0.15) is 24.0 Å². The van der Waals surface area contributed by atoms with Crippen LogP contribution in [0.2, 0.25) is 0 Å². The van der Waals surface area contributed by atoms with E-state index in [9.17, 15) is 5.11 Å². The lowest BCUT2D eigenvalue weighted by atomic mass is 10.1. The van der Waals surface area contributed by atoms with Crippen LogP contribution in [0, 0.1) is 0 Å². The lowest BCUT2D eigenvalue weighted by Gasteiger charge is -2.15. The van der Waals surface area contributed by atoms with Crippen LogP contribution >= 0.6 is 0 Å². The maximum absolute atomic E-state index is 9.91. The van der Waals surface area contributed by atoms with E-state index >= 15 is 0 Å². The third-order valence-electron chi connectivity index (χ3n) is 3.47. The minimum Gasteiger partial charge on any atom is -0.396 e. The summed E-state index contributed by atoms with van der Waals surface area (Å²) in [5, 5.41) is 19.6. The molecule has 2 aromatic rings. The molecule has 7 nitrogen and oxygen atoms in total. The Hall–Kier alpha value is -1.70. The normalized spacial score (nSPS) is 27.2. The van der Waals surface area contributed by atoms with Gasteiger partial charge in [-0.25, -0.2) is 9.97 Å². The zero-order valence-corrected chi connectivity index (χ0v) is 10.3. The van der Waals surface area contributed by atoms with Gasteiger partial charge < -0.3 is 25.3 Å². The molecule has 0 unspecified atom stereocenters. The van der Waals surface area contributed by atoms with E-state index in [1.807, 2.05) is 16.8 Å². The van der Waals surface area contributed by atoms with Gasteiger partial charge in [0.05, 0.1) is 17.6 Å². The van der Waals surface area contributed by atoms with Crippen LogP contribution < -0.4 is 5.73 Å². The molecule has 1 saturated heterocycles. The largest absolute Gasteiger partial charge is 0.396 e. The van der Waals surface area contributed by atoms with Crippen LogP contribution in [0.25, 0.3) is 11.0 Å². The van der Waals surface area contributed by atoms with Crippen molar-refractivity contribution in [3.8, 4) is 0 Å². The molecular formula is C12H16N4O3. The maximum Gasteiger partial charge on any atom is 0.147 e. The summed E-state index contributed by atoms with van der Waals surface area (Å²) in [7, 11) is 0. The van der Waals surface area contributed by atoms with Gasteiger partial charge in [-0.1, -0.05) is 0 Å². The molecule has 0 saturated carbocycles. The fraction of sp³-hybridized carbons (Fsp3) is 0.500. The number of nitrogen functional groups attached to an aromatic ring is 1. The van der Waals surface area contributed by atoms with Gasteiger partial charge in [-0.05, 0) is 12.5 Å². The highest BCUT2D eigenvalue weighted by molar-refractivity contribution is 5.86. The topological polar surface area (TPSA) is 106 Å². The fourth-order valence-corrected chi connectivity index (χ4v) is 2.50. The lowest BCUT2D eigenvalue weighted by molar-refractivity contribution is -0.0273. The van der Waals surface area contributed by atoms with E-state index in [2.05, 4.69) is 9.97 Å². The molecule has 2 aromatic heterocycles. The second-order valence-corrected chi connectivity index (χ2v) is 4.66. The van der Waals surface area contributed by atoms with Gasteiger partial charge in [0.2, 0.25) is 0 Å². The molecule has 0 bridgehead atoms. The molecule has 19 heavy (non-hydrogen) atoms. The first kappa shape index (κ1) is 12.3. The molecule has 4 N–H and O–H groups in total. The third kappa shape index (κ3) is 2.05. The van der Waals surface area contributed by atoms with E-state index in [-0.39, 0.29) is 18.9 Å². The van der Waals surface area contributed by atoms with Gasteiger partial charge in [0.15, 0.2) is 0 Å². The molecular weight excluding hydrogens is 248 g/mol. The van der Waals surface area contributed by atoms with Crippen molar-refractivity contribution in [3.63, 3.8) is 0 Å². The van der Waals surface area contributed by atoms with Crippen molar-refractivity contribution in [1.29, 1.82) is 0 Å². The maximum atomic E-state index is 9.91. The van der Waals surface area contributed by atoms with E-state index < -0.39 is 6.10 Å². The molecule has 0 aromatic carbocycles. The van der Waals surface area contributed by atoms with Crippen LogP contribution in [-0.4, -0.2) is 43.6 Å². The molecule has 0 spiro atoms. The number of nitrogens with two attached hydrogens (primary N) is 1. The van der Waals surface area contributed by atoms with Crippen molar-refractivity contribution in [1.82, 2.24) is 14.5 Å². The van der Waals surface area contributed by atoms with Gasteiger partial charge in [-0.15, -0.1) is 0 Å². The van der Waals surface area contributed by atoms with E-state index in [4.69, 9.17) is 15.6 Å². The lowest BCUT2D eigenvalue weighted by Crippen LogP contribution is -2.21.